The number of carbonyl (C=O) groups is 2. The average molecular weight is 240 g/mol. The predicted molar refractivity (Wildman–Crippen MR) is 60.4 cm³/mol. The molecule has 0 saturated carbocycles. The van der Waals surface area contributed by atoms with Crippen molar-refractivity contribution in [1.29, 1.82) is 0 Å². The van der Waals surface area contributed by atoms with Crippen molar-refractivity contribution in [3.8, 4) is 0 Å². The molecule has 2 aliphatic heterocycles. The van der Waals surface area contributed by atoms with Crippen molar-refractivity contribution < 1.29 is 14.7 Å². The van der Waals surface area contributed by atoms with Crippen LogP contribution < -0.4 is 0 Å². The Labute approximate surface area is 99.3 Å². The van der Waals surface area contributed by atoms with E-state index in [4.69, 9.17) is 5.11 Å². The van der Waals surface area contributed by atoms with Crippen LogP contribution in [-0.4, -0.2) is 77.5 Å². The van der Waals surface area contributed by atoms with Gasteiger partial charge in [0.05, 0.1) is 6.34 Å². The zero-order chi connectivity index (χ0) is 12.6. The van der Waals surface area contributed by atoms with Crippen LogP contribution in [0, 0.1) is 0 Å². The number of aliphatic imine (C=N–C) groups is 1. The molecule has 0 bridgehead atoms. The molecule has 94 valence electrons. The van der Waals surface area contributed by atoms with Gasteiger partial charge in [-0.25, -0.2) is 9.79 Å². The molecule has 0 aliphatic carbocycles. The van der Waals surface area contributed by atoms with Gasteiger partial charge in [0.15, 0.2) is 12.2 Å². The Morgan fingerprint density at radius 2 is 2.12 bits per heavy atom. The number of aliphatic hydroxyl groups is 1. The molecular formula is C10H16N4O3. The third-order valence-corrected chi connectivity index (χ3v) is 3.15. The van der Waals surface area contributed by atoms with Gasteiger partial charge in [-0.3, -0.25) is 9.69 Å². The van der Waals surface area contributed by atoms with Gasteiger partial charge in [0.1, 0.15) is 0 Å². The minimum atomic E-state index is -0.450. The van der Waals surface area contributed by atoms with Crippen molar-refractivity contribution in [2.24, 2.45) is 4.99 Å². The Morgan fingerprint density at radius 3 is 2.76 bits per heavy atom. The quantitative estimate of drug-likeness (QED) is 0.681. The number of hydrogen-bond donors (Lipinski definition) is 1. The lowest BCUT2D eigenvalue weighted by Crippen LogP contribution is -2.63. The second kappa shape index (κ2) is 4.33. The van der Waals surface area contributed by atoms with Crippen LogP contribution in [0.3, 0.4) is 0 Å². The molecule has 1 fully saturated rings. The first kappa shape index (κ1) is 11.8. The third-order valence-electron chi connectivity index (χ3n) is 3.15. The number of fused-ring (bicyclic) bond motifs is 1. The van der Waals surface area contributed by atoms with Crippen LogP contribution in [0.2, 0.25) is 0 Å². The number of amides is 3. The molecule has 7 heteroatoms. The fourth-order valence-corrected chi connectivity index (χ4v) is 2.15. The van der Waals surface area contributed by atoms with Crippen LogP contribution in [0.1, 0.15) is 6.42 Å². The molecule has 0 radical (unpaired) electrons. The van der Waals surface area contributed by atoms with Crippen molar-refractivity contribution in [3.05, 3.63) is 0 Å². The number of rotatable bonds is 3. The van der Waals surface area contributed by atoms with Crippen LogP contribution in [0.4, 0.5) is 4.79 Å². The minimum Gasteiger partial charge on any atom is -0.396 e. The summed E-state index contributed by atoms with van der Waals surface area (Å²) in [6.45, 7) is 0.628. The molecule has 0 aromatic carbocycles. The third kappa shape index (κ3) is 1.76. The van der Waals surface area contributed by atoms with Gasteiger partial charge in [-0.05, 0) is 6.42 Å². The molecule has 2 atom stereocenters. The minimum absolute atomic E-state index is 0.0700. The van der Waals surface area contributed by atoms with Crippen LogP contribution >= 0.6 is 0 Å². The first-order valence-electron chi connectivity index (χ1n) is 5.52. The van der Waals surface area contributed by atoms with E-state index in [1.807, 2.05) is 0 Å². The zero-order valence-electron chi connectivity index (χ0n) is 9.91. The highest BCUT2D eigenvalue weighted by Crippen LogP contribution is 2.24. The Hall–Kier alpha value is -1.63. The highest BCUT2D eigenvalue weighted by molar-refractivity contribution is 6.01. The summed E-state index contributed by atoms with van der Waals surface area (Å²) in [5.74, 6) is -0.242. The zero-order valence-corrected chi connectivity index (χ0v) is 9.91. The second-order valence-corrected chi connectivity index (χ2v) is 4.23. The predicted octanol–water partition coefficient (Wildman–Crippen LogP) is -1.07. The molecule has 7 nitrogen and oxygen atoms in total. The van der Waals surface area contributed by atoms with Crippen molar-refractivity contribution in [1.82, 2.24) is 14.7 Å². The van der Waals surface area contributed by atoms with Crippen LogP contribution in [0.25, 0.3) is 0 Å². The highest BCUT2D eigenvalue weighted by Gasteiger charge is 2.47. The van der Waals surface area contributed by atoms with Gasteiger partial charge in [0, 0.05) is 27.2 Å². The average Bonchev–Trinajstić information content (AvgIpc) is 2.75. The van der Waals surface area contributed by atoms with E-state index in [0.717, 1.165) is 4.90 Å². The van der Waals surface area contributed by atoms with E-state index in [1.54, 1.807) is 18.3 Å². The van der Waals surface area contributed by atoms with E-state index in [9.17, 15) is 9.59 Å². The van der Waals surface area contributed by atoms with Crippen molar-refractivity contribution in [2.45, 2.75) is 18.6 Å². The maximum absolute atomic E-state index is 12.0. The molecule has 0 aromatic heterocycles. The molecule has 2 rings (SSSR count). The molecule has 2 aliphatic rings. The van der Waals surface area contributed by atoms with E-state index in [0.29, 0.717) is 13.0 Å². The van der Waals surface area contributed by atoms with Crippen molar-refractivity contribution in [3.63, 3.8) is 0 Å². The molecular weight excluding hydrogens is 224 g/mol. The first-order chi connectivity index (χ1) is 8.07. The van der Waals surface area contributed by atoms with E-state index < -0.39 is 12.2 Å². The Balaban J connectivity index is 2.18. The lowest BCUT2D eigenvalue weighted by Gasteiger charge is -2.39. The van der Waals surface area contributed by atoms with Crippen LogP contribution in [-0.2, 0) is 4.79 Å². The summed E-state index contributed by atoms with van der Waals surface area (Å²) in [5, 5.41) is 8.80. The monoisotopic (exact) mass is 240 g/mol. The molecule has 1 N–H and O–H groups in total. The standard InChI is InChI=1S/C10H16N4O3/c1-12-8-7(9(16)13(2)10(12)17)14(6-11-8)4-3-5-15/h6-8,15H,3-5H2,1-2H3/t7-,8+/m1/s1. The Bertz CT molecular complexity index is 371. The summed E-state index contributed by atoms with van der Waals surface area (Å²) in [6.07, 6.45) is 1.72. The van der Waals surface area contributed by atoms with Crippen LogP contribution in [0.5, 0.6) is 0 Å². The molecule has 0 aromatic rings. The van der Waals surface area contributed by atoms with Gasteiger partial charge >= 0.3 is 6.03 Å². The Morgan fingerprint density at radius 1 is 1.41 bits per heavy atom. The smallest absolute Gasteiger partial charge is 0.328 e. The van der Waals surface area contributed by atoms with Gasteiger partial charge in [-0.1, -0.05) is 0 Å². The molecule has 3 amide bonds. The van der Waals surface area contributed by atoms with Crippen LogP contribution in [0.15, 0.2) is 4.99 Å². The number of urea groups is 1. The first-order valence-corrected chi connectivity index (χ1v) is 5.52. The van der Waals surface area contributed by atoms with E-state index >= 15 is 0 Å². The summed E-state index contributed by atoms with van der Waals surface area (Å²) in [4.78, 5) is 32.3. The fraction of sp³-hybridized carbons (Fsp3) is 0.700. The number of nitrogens with zero attached hydrogens (tertiary/aromatic N) is 4. The second-order valence-electron chi connectivity index (χ2n) is 4.23. The summed E-state index contributed by atoms with van der Waals surface area (Å²) in [5.41, 5.74) is 0. The van der Waals surface area contributed by atoms with Gasteiger partial charge in [-0.15, -0.1) is 0 Å². The van der Waals surface area contributed by atoms with E-state index in [-0.39, 0.29) is 18.5 Å². The SMILES string of the molecule is CN1C(=O)[C@H]2[C@@H](N=CN2CCCO)N(C)C1=O. The summed E-state index contributed by atoms with van der Waals surface area (Å²) < 4.78 is 0. The number of likely N-dealkylation sites (N-methyl/N-ethyl adjacent to an activating group) is 2. The largest absolute Gasteiger partial charge is 0.396 e. The summed E-state index contributed by atoms with van der Waals surface area (Å²) in [6, 6.07) is -0.786. The lowest BCUT2D eigenvalue weighted by atomic mass is 10.1. The molecule has 1 saturated heterocycles. The number of imide groups is 1. The molecule has 0 spiro atoms. The van der Waals surface area contributed by atoms with Gasteiger partial charge in [0.25, 0.3) is 5.91 Å². The summed E-state index contributed by atoms with van der Waals surface area (Å²) in [7, 11) is 3.11. The molecule has 17 heavy (non-hydrogen) atoms. The number of carbonyl (C=O) groups excluding carboxylic acids is 2. The van der Waals surface area contributed by atoms with Gasteiger partial charge < -0.3 is 14.9 Å². The maximum Gasteiger partial charge on any atom is 0.328 e. The topological polar surface area (TPSA) is 76.5 Å². The van der Waals surface area contributed by atoms with Gasteiger partial charge in [0.2, 0.25) is 0 Å². The highest BCUT2D eigenvalue weighted by atomic mass is 16.3. The number of aliphatic hydroxyl groups excluding tert-OH is 1. The summed E-state index contributed by atoms with van der Waals surface area (Å²) >= 11 is 0. The van der Waals surface area contributed by atoms with E-state index in [1.165, 1.54) is 11.9 Å². The normalized spacial score (nSPS) is 28.1. The molecule has 2 heterocycles. The Kier molecular flexibility index (Phi) is 3.01. The van der Waals surface area contributed by atoms with Crippen molar-refractivity contribution >= 4 is 18.3 Å². The lowest BCUT2D eigenvalue weighted by molar-refractivity contribution is -0.136. The van der Waals surface area contributed by atoms with Crippen molar-refractivity contribution in [2.75, 3.05) is 27.2 Å². The molecule has 0 unspecified atom stereocenters. The fourth-order valence-electron chi connectivity index (χ4n) is 2.15. The van der Waals surface area contributed by atoms with E-state index in [2.05, 4.69) is 4.99 Å². The van der Waals surface area contributed by atoms with Gasteiger partial charge in [-0.2, -0.15) is 0 Å². The maximum atomic E-state index is 12.0. The number of hydrogen-bond acceptors (Lipinski definition) is 5.